The second-order valence-electron chi connectivity index (χ2n) is 26.0. The number of H-pyrrole nitrogens is 5. The smallest absolute Gasteiger partial charge is 0.137 e. The van der Waals surface area contributed by atoms with Crippen molar-refractivity contribution in [2.24, 2.45) is 0 Å². The van der Waals surface area contributed by atoms with Gasteiger partial charge in [0.2, 0.25) is 0 Å². The Bertz CT molecular complexity index is 6410. The van der Waals surface area contributed by atoms with Gasteiger partial charge in [-0.05, 0) is 118 Å². The van der Waals surface area contributed by atoms with Gasteiger partial charge in [0, 0.05) is 167 Å². The molecule has 5 N–H and O–H groups in total. The number of rotatable bonds is 11. The van der Waals surface area contributed by atoms with Crippen molar-refractivity contribution in [1.82, 2.24) is 54.8 Å². The van der Waals surface area contributed by atoms with E-state index in [0.29, 0.717) is 10.7 Å². The number of fused-ring (bicyclic) bond motifs is 5. The van der Waals surface area contributed by atoms with Crippen LogP contribution in [-0.2, 0) is 0 Å². The van der Waals surface area contributed by atoms with Gasteiger partial charge in [-0.25, -0.2) is 43.1 Å². The Labute approximate surface area is 641 Å². The van der Waals surface area contributed by atoms with Gasteiger partial charge in [-0.1, -0.05) is 224 Å². The van der Waals surface area contributed by atoms with E-state index >= 15 is 0 Å². The number of methoxy groups -OCH3 is 1. The predicted molar refractivity (Wildman–Crippen MR) is 444 cm³/mol. The van der Waals surface area contributed by atoms with Crippen molar-refractivity contribution in [2.45, 2.75) is 0 Å². The molecule has 0 atom stereocenters. The van der Waals surface area contributed by atoms with Crippen LogP contribution in [0.25, 0.3) is 166 Å². The molecular weight excluding hydrogens is 1400 g/mol. The lowest BCUT2D eigenvalue weighted by atomic mass is 10.0. The van der Waals surface area contributed by atoms with Gasteiger partial charge in [-0.3, -0.25) is 0 Å². The van der Waals surface area contributed by atoms with E-state index in [2.05, 4.69) is 140 Å². The third kappa shape index (κ3) is 15.7. The summed E-state index contributed by atoms with van der Waals surface area (Å²) < 4.78 is 46.2. The van der Waals surface area contributed by atoms with Crippen LogP contribution in [0.15, 0.2) is 359 Å². The van der Waals surface area contributed by atoms with Crippen LogP contribution >= 0.6 is 11.6 Å². The molecule has 0 saturated heterocycles. The van der Waals surface area contributed by atoms with Crippen LogP contribution in [0, 0.1) is 17.5 Å². The number of benzene rings is 9. The van der Waals surface area contributed by atoms with Crippen molar-refractivity contribution < 1.29 is 17.9 Å². The highest BCUT2D eigenvalue weighted by Crippen LogP contribution is 2.39. The Kier molecular flexibility index (Phi) is 20.8. The fourth-order valence-electron chi connectivity index (χ4n) is 13.5. The average Bonchev–Trinajstić information content (AvgIpc) is 1.78. The second kappa shape index (κ2) is 32.7. The Morgan fingerprint density at radius 2 is 0.577 bits per heavy atom. The molecule has 0 aliphatic heterocycles. The summed E-state index contributed by atoms with van der Waals surface area (Å²) in [6.45, 7) is 0. The number of hydrogen-bond acceptors (Lipinski definition) is 7. The van der Waals surface area contributed by atoms with Crippen LogP contribution in [0.2, 0.25) is 5.15 Å². The zero-order valence-electron chi connectivity index (χ0n) is 59.7. The lowest BCUT2D eigenvalue weighted by Crippen LogP contribution is -1.87. The van der Waals surface area contributed by atoms with Crippen LogP contribution in [-0.4, -0.2) is 61.9 Å². The van der Waals surface area contributed by atoms with Gasteiger partial charge in [0.05, 0.1) is 7.11 Å². The summed E-state index contributed by atoms with van der Waals surface area (Å²) in [6, 6.07) is 93.2. The monoisotopic (exact) mass is 1470 g/mol. The molecule has 12 nitrogen and oxygen atoms in total. The average molecular weight is 1470 g/mol. The quantitative estimate of drug-likeness (QED) is 0.0804. The highest BCUT2D eigenvalue weighted by atomic mass is 35.5. The summed E-state index contributed by atoms with van der Waals surface area (Å²) in [5.74, 6) is 0.165. The highest BCUT2D eigenvalue weighted by Gasteiger charge is 2.18. The molecule has 111 heavy (non-hydrogen) atoms. The van der Waals surface area contributed by atoms with Crippen molar-refractivity contribution in [3.8, 4) is 117 Å². The van der Waals surface area contributed by atoms with Crippen LogP contribution in [0.3, 0.4) is 0 Å². The van der Waals surface area contributed by atoms with Gasteiger partial charge >= 0.3 is 0 Å². The number of aromatic nitrogens is 11. The third-order valence-electron chi connectivity index (χ3n) is 19.1. The number of hydrogen-bond donors (Lipinski definition) is 5. The minimum Gasteiger partial charge on any atom is -0.496 e. The molecule has 0 unspecified atom stereocenters. The summed E-state index contributed by atoms with van der Waals surface area (Å²) in [5.41, 5.74) is 24.4. The molecule has 0 aliphatic carbocycles. The van der Waals surface area contributed by atoms with E-state index in [9.17, 15) is 13.2 Å². The van der Waals surface area contributed by atoms with Crippen LogP contribution < -0.4 is 4.74 Å². The maximum Gasteiger partial charge on any atom is 0.137 e. The molecule has 20 rings (SSSR count). The maximum atomic E-state index is 14.1. The lowest BCUT2D eigenvalue weighted by Gasteiger charge is -2.07. The Balaban J connectivity index is 0.000000105. The van der Waals surface area contributed by atoms with Crippen molar-refractivity contribution in [1.29, 1.82) is 0 Å². The molecule has 0 fully saturated rings. The molecule has 20 aromatic rings. The Morgan fingerprint density at radius 3 is 0.964 bits per heavy atom. The molecule has 9 aromatic carbocycles. The van der Waals surface area contributed by atoms with Gasteiger partial charge < -0.3 is 29.7 Å². The molecule has 0 spiro atoms. The van der Waals surface area contributed by atoms with Crippen LogP contribution in [0.5, 0.6) is 5.75 Å². The number of aromatic amines is 5. The zero-order valence-corrected chi connectivity index (χ0v) is 60.4. The topological polar surface area (TPSA) is 166 Å². The van der Waals surface area contributed by atoms with Gasteiger partial charge in [0.1, 0.15) is 56.6 Å². The number of halogens is 4. The molecule has 11 aromatic heterocycles. The van der Waals surface area contributed by atoms with E-state index < -0.39 is 0 Å². The number of ether oxygens (including phenoxy) is 1. The van der Waals surface area contributed by atoms with E-state index in [-0.39, 0.29) is 17.5 Å². The fourth-order valence-corrected chi connectivity index (χ4v) is 13.7. The standard InChI is InChI=1S/C20H16N2O.3C19H13FN2.C18H12ClN3/c1-23-19-10-6-5-9-16(19)18-13-22-20-17(18)11-15(12-21-20)14-7-3-2-4-8-14;20-18-9-5-4-8-15(18)17-12-22-19-16(17)10-14(11-21-19)13-6-2-1-3-7-13;20-16-8-4-7-14(9-16)18-12-22-19-17(18)10-15(11-21-19)13-5-2-1-3-6-13;20-16-8-6-14(7-9-16)18-12-22-19-17(18)10-15(11-21-19)13-4-2-1-3-5-13;19-17-14(7-4-8-20-17)16-11-22-18-15(16)9-13(10-21-18)12-5-2-1-3-6-12/h2-13H,1H3,(H,21,22);3*1-12H,(H,21,22);1-11H,(H,21,22). The molecular formula is C95H67ClF3N11O. The molecule has 0 bridgehead atoms. The number of nitrogens with zero attached hydrogens (tertiary/aromatic N) is 6. The van der Waals surface area contributed by atoms with Crippen molar-refractivity contribution in [2.75, 3.05) is 7.11 Å². The van der Waals surface area contributed by atoms with Crippen molar-refractivity contribution >= 4 is 66.8 Å². The first-order valence-electron chi connectivity index (χ1n) is 35.8. The van der Waals surface area contributed by atoms with E-state index in [4.69, 9.17) is 16.3 Å². The van der Waals surface area contributed by atoms with Crippen LogP contribution in [0.1, 0.15) is 0 Å². The summed E-state index contributed by atoms with van der Waals surface area (Å²) in [7, 11) is 1.70. The van der Waals surface area contributed by atoms with Crippen molar-refractivity contribution in [3.63, 3.8) is 0 Å². The normalized spacial score (nSPS) is 10.9. The highest BCUT2D eigenvalue weighted by molar-refractivity contribution is 6.32. The van der Waals surface area contributed by atoms with E-state index in [1.165, 1.54) is 30.3 Å². The first-order valence-corrected chi connectivity index (χ1v) is 36.2. The molecule has 0 radical (unpaired) electrons. The lowest BCUT2D eigenvalue weighted by molar-refractivity contribution is 0.416. The molecule has 0 aliphatic rings. The minimum absolute atomic E-state index is 0.228. The van der Waals surface area contributed by atoms with Crippen LogP contribution in [0.4, 0.5) is 13.2 Å². The molecule has 0 saturated carbocycles. The van der Waals surface area contributed by atoms with Gasteiger partial charge in [-0.2, -0.15) is 0 Å². The van der Waals surface area contributed by atoms with E-state index in [0.717, 1.165) is 167 Å². The molecule has 16 heteroatoms. The predicted octanol–water partition coefficient (Wildman–Crippen LogP) is 25.0. The van der Waals surface area contributed by atoms with E-state index in [1.54, 1.807) is 43.6 Å². The summed E-state index contributed by atoms with van der Waals surface area (Å²) in [6.07, 6.45) is 20.5. The second-order valence-corrected chi connectivity index (χ2v) is 26.3. The minimum atomic E-state index is -0.237. The third-order valence-corrected chi connectivity index (χ3v) is 19.4. The number of para-hydroxylation sites is 1. The largest absolute Gasteiger partial charge is 0.496 e. The number of nitrogens with one attached hydrogen (secondary N) is 5. The Morgan fingerprint density at radius 1 is 0.252 bits per heavy atom. The zero-order chi connectivity index (χ0) is 75.4. The van der Waals surface area contributed by atoms with Gasteiger partial charge in [0.15, 0.2) is 0 Å². The maximum absolute atomic E-state index is 14.1. The molecule has 536 valence electrons. The summed E-state index contributed by atoms with van der Waals surface area (Å²) in [5, 5.41) is 5.58. The van der Waals surface area contributed by atoms with Crippen molar-refractivity contribution in [3.05, 3.63) is 382 Å². The summed E-state index contributed by atoms with van der Waals surface area (Å²) >= 11 is 6.23. The Hall–Kier alpha value is -14.5. The molecule has 0 amide bonds. The first kappa shape index (κ1) is 70.8. The summed E-state index contributed by atoms with van der Waals surface area (Å²) in [4.78, 5) is 42.5. The SMILES string of the molecule is COc1ccccc1-c1c[nH]c2ncc(-c3ccccc3)cc12.Clc1ncccc1-c1c[nH]c2ncc(-c3ccccc3)cc12.Fc1ccc(-c2c[nH]c3ncc(-c4ccccc4)cc23)cc1.Fc1cccc(-c2c[nH]c3ncc(-c4ccccc4)cc23)c1.Fc1ccccc1-c1c[nH]c2ncc(-c3ccccc3)cc12. The molecule has 11 heterocycles. The van der Waals surface area contributed by atoms with Gasteiger partial charge in [-0.15, -0.1) is 0 Å². The van der Waals surface area contributed by atoms with Gasteiger partial charge in [0.25, 0.3) is 0 Å². The van der Waals surface area contributed by atoms with E-state index in [1.807, 2.05) is 208 Å². The number of pyridine rings is 6. The fraction of sp³-hybridized carbons (Fsp3) is 0.0105. The first-order chi connectivity index (χ1) is 54.6.